The van der Waals surface area contributed by atoms with Crippen molar-refractivity contribution in [3.05, 3.63) is 29.8 Å². The minimum absolute atomic E-state index is 0.0510. The van der Waals surface area contributed by atoms with E-state index in [1.54, 1.807) is 38.2 Å². The maximum absolute atomic E-state index is 11.9. The fourth-order valence-corrected chi connectivity index (χ4v) is 1.20. The van der Waals surface area contributed by atoms with Crippen LogP contribution in [0.15, 0.2) is 24.3 Å². The third kappa shape index (κ3) is 2.70. The number of hydrogen-bond donors (Lipinski definition) is 2. The van der Waals surface area contributed by atoms with E-state index in [9.17, 15) is 4.79 Å². The molecule has 1 aromatic rings. The van der Waals surface area contributed by atoms with E-state index < -0.39 is 0 Å². The van der Waals surface area contributed by atoms with Gasteiger partial charge in [0.2, 0.25) is 0 Å². The van der Waals surface area contributed by atoms with Gasteiger partial charge >= 0.3 is 0 Å². The van der Waals surface area contributed by atoms with Crippen molar-refractivity contribution >= 4 is 11.6 Å². The van der Waals surface area contributed by atoms with Crippen LogP contribution in [0.1, 0.15) is 17.3 Å². The average molecular weight is 208 g/mol. The summed E-state index contributed by atoms with van der Waals surface area (Å²) in [4.78, 5) is 13.4. The Hall–Kier alpha value is -1.55. The maximum atomic E-state index is 11.9. The summed E-state index contributed by atoms with van der Waals surface area (Å²) >= 11 is 0. The Kier molecular flexibility index (Phi) is 3.68. The van der Waals surface area contributed by atoms with Crippen LogP contribution >= 0.6 is 0 Å². The molecule has 82 valence electrons. The van der Waals surface area contributed by atoms with Crippen LogP contribution < -0.4 is 5.73 Å². The number of aliphatic hydroxyl groups excluding tert-OH is 1. The largest absolute Gasteiger partial charge is 0.399 e. The van der Waals surface area contributed by atoms with Crippen molar-refractivity contribution in [2.75, 3.05) is 19.4 Å². The number of nitrogen functional groups attached to an aromatic ring is 1. The number of amides is 1. The van der Waals surface area contributed by atoms with Crippen LogP contribution in [0.3, 0.4) is 0 Å². The van der Waals surface area contributed by atoms with Gasteiger partial charge in [-0.2, -0.15) is 0 Å². The molecule has 0 saturated carbocycles. The van der Waals surface area contributed by atoms with Gasteiger partial charge in [0, 0.05) is 18.3 Å². The predicted molar refractivity (Wildman–Crippen MR) is 59.5 cm³/mol. The average Bonchev–Trinajstić information content (AvgIpc) is 2.26. The van der Waals surface area contributed by atoms with E-state index in [-0.39, 0.29) is 18.6 Å². The topological polar surface area (TPSA) is 66.6 Å². The molecule has 0 heterocycles. The van der Waals surface area contributed by atoms with Crippen LogP contribution in [0.2, 0.25) is 0 Å². The molecule has 0 fully saturated rings. The highest BCUT2D eigenvalue weighted by Gasteiger charge is 2.16. The van der Waals surface area contributed by atoms with Crippen molar-refractivity contribution in [2.45, 2.75) is 13.0 Å². The normalized spacial score (nSPS) is 12.2. The van der Waals surface area contributed by atoms with Gasteiger partial charge < -0.3 is 15.7 Å². The van der Waals surface area contributed by atoms with Gasteiger partial charge in [0.15, 0.2) is 0 Å². The Morgan fingerprint density at radius 1 is 1.60 bits per heavy atom. The molecule has 3 N–H and O–H groups in total. The summed E-state index contributed by atoms with van der Waals surface area (Å²) in [7, 11) is 1.66. The minimum Gasteiger partial charge on any atom is -0.399 e. The number of nitrogens with zero attached hydrogens (tertiary/aromatic N) is 1. The van der Waals surface area contributed by atoms with Crippen LogP contribution in [-0.2, 0) is 0 Å². The Labute approximate surface area is 89.3 Å². The number of benzene rings is 1. The van der Waals surface area contributed by atoms with Crippen molar-refractivity contribution in [1.82, 2.24) is 4.90 Å². The van der Waals surface area contributed by atoms with Gasteiger partial charge in [-0.3, -0.25) is 4.79 Å². The summed E-state index contributed by atoms with van der Waals surface area (Å²) in [5.74, 6) is -0.135. The third-order valence-corrected chi connectivity index (χ3v) is 2.38. The number of carbonyl (C=O) groups excluding carboxylic acids is 1. The molecule has 1 atom stereocenters. The quantitative estimate of drug-likeness (QED) is 0.719. The van der Waals surface area contributed by atoms with E-state index in [0.29, 0.717) is 11.3 Å². The van der Waals surface area contributed by atoms with Gasteiger partial charge in [-0.1, -0.05) is 6.07 Å². The standard InChI is InChI=1S/C11H16N2O2/c1-8(7-14)13(2)11(15)9-4-3-5-10(12)6-9/h3-6,8,14H,7,12H2,1-2H3. The summed E-state index contributed by atoms with van der Waals surface area (Å²) in [5, 5.41) is 8.94. The Balaban J connectivity index is 2.85. The molecule has 0 aliphatic rings. The number of aliphatic hydroxyl groups is 1. The van der Waals surface area contributed by atoms with Crippen LogP contribution in [0, 0.1) is 0 Å². The van der Waals surface area contributed by atoms with Crippen molar-refractivity contribution in [1.29, 1.82) is 0 Å². The molecule has 0 aromatic heterocycles. The van der Waals surface area contributed by atoms with Gasteiger partial charge in [0.1, 0.15) is 0 Å². The van der Waals surface area contributed by atoms with Crippen molar-refractivity contribution in [3.63, 3.8) is 0 Å². The molecule has 0 aliphatic carbocycles. The molecule has 0 radical (unpaired) electrons. The molecule has 0 bridgehead atoms. The van der Waals surface area contributed by atoms with Crippen LogP contribution in [0.25, 0.3) is 0 Å². The number of nitrogens with two attached hydrogens (primary N) is 1. The zero-order chi connectivity index (χ0) is 11.4. The molecule has 1 aromatic carbocycles. The summed E-state index contributed by atoms with van der Waals surface area (Å²) in [6.07, 6.45) is 0. The molecule has 1 unspecified atom stereocenters. The van der Waals surface area contributed by atoms with Gasteiger partial charge in [0.05, 0.1) is 12.6 Å². The van der Waals surface area contributed by atoms with Crippen LogP contribution in [0.5, 0.6) is 0 Å². The molecular weight excluding hydrogens is 192 g/mol. The Morgan fingerprint density at radius 3 is 2.80 bits per heavy atom. The third-order valence-electron chi connectivity index (χ3n) is 2.38. The summed E-state index contributed by atoms with van der Waals surface area (Å²) in [5.41, 5.74) is 6.69. The highest BCUT2D eigenvalue weighted by Crippen LogP contribution is 2.10. The van der Waals surface area contributed by atoms with E-state index in [1.165, 1.54) is 4.90 Å². The lowest BCUT2D eigenvalue weighted by Crippen LogP contribution is -2.37. The van der Waals surface area contributed by atoms with Crippen LogP contribution in [0.4, 0.5) is 5.69 Å². The fraction of sp³-hybridized carbons (Fsp3) is 0.364. The first-order valence-electron chi connectivity index (χ1n) is 4.80. The smallest absolute Gasteiger partial charge is 0.253 e. The van der Waals surface area contributed by atoms with E-state index in [4.69, 9.17) is 10.8 Å². The SMILES string of the molecule is CC(CO)N(C)C(=O)c1cccc(N)c1. The zero-order valence-corrected chi connectivity index (χ0v) is 8.97. The molecule has 0 saturated heterocycles. The fourth-order valence-electron chi connectivity index (χ4n) is 1.20. The van der Waals surface area contributed by atoms with E-state index in [1.807, 2.05) is 0 Å². The monoisotopic (exact) mass is 208 g/mol. The number of likely N-dealkylation sites (N-methyl/N-ethyl adjacent to an activating group) is 1. The van der Waals surface area contributed by atoms with Gasteiger partial charge in [-0.25, -0.2) is 0 Å². The van der Waals surface area contributed by atoms with Crippen LogP contribution in [-0.4, -0.2) is 35.6 Å². The summed E-state index contributed by atoms with van der Waals surface area (Å²) in [6.45, 7) is 1.73. The maximum Gasteiger partial charge on any atom is 0.253 e. The lowest BCUT2D eigenvalue weighted by molar-refractivity contribution is 0.0682. The lowest BCUT2D eigenvalue weighted by atomic mass is 10.1. The number of hydrogen-bond acceptors (Lipinski definition) is 3. The zero-order valence-electron chi connectivity index (χ0n) is 8.97. The second-order valence-corrected chi connectivity index (χ2v) is 3.57. The van der Waals surface area contributed by atoms with Gasteiger partial charge in [0.25, 0.3) is 5.91 Å². The first kappa shape index (κ1) is 11.5. The number of carbonyl (C=O) groups is 1. The highest BCUT2D eigenvalue weighted by molar-refractivity contribution is 5.95. The Bertz CT molecular complexity index is 352. The van der Waals surface area contributed by atoms with Crippen molar-refractivity contribution in [3.8, 4) is 0 Å². The molecular formula is C11H16N2O2. The predicted octanol–water partition coefficient (Wildman–Crippen LogP) is 0.722. The molecule has 15 heavy (non-hydrogen) atoms. The first-order valence-corrected chi connectivity index (χ1v) is 4.80. The minimum atomic E-state index is -0.195. The van der Waals surface area contributed by atoms with Gasteiger partial charge in [-0.15, -0.1) is 0 Å². The molecule has 4 nitrogen and oxygen atoms in total. The summed E-state index contributed by atoms with van der Waals surface area (Å²) in [6, 6.07) is 6.60. The Morgan fingerprint density at radius 2 is 2.27 bits per heavy atom. The van der Waals surface area contributed by atoms with E-state index in [2.05, 4.69) is 0 Å². The molecule has 0 aliphatic heterocycles. The van der Waals surface area contributed by atoms with Crippen molar-refractivity contribution in [2.24, 2.45) is 0 Å². The van der Waals surface area contributed by atoms with E-state index >= 15 is 0 Å². The molecule has 1 rings (SSSR count). The highest BCUT2D eigenvalue weighted by atomic mass is 16.3. The number of rotatable bonds is 3. The molecule has 4 heteroatoms. The molecule has 1 amide bonds. The summed E-state index contributed by atoms with van der Waals surface area (Å²) < 4.78 is 0. The van der Waals surface area contributed by atoms with E-state index in [0.717, 1.165) is 0 Å². The first-order chi connectivity index (χ1) is 7.06. The second kappa shape index (κ2) is 4.79. The lowest BCUT2D eigenvalue weighted by Gasteiger charge is -2.23. The van der Waals surface area contributed by atoms with Crippen molar-refractivity contribution < 1.29 is 9.90 Å². The number of anilines is 1. The second-order valence-electron chi connectivity index (χ2n) is 3.57. The molecule has 0 spiro atoms. The van der Waals surface area contributed by atoms with Gasteiger partial charge in [-0.05, 0) is 25.1 Å².